The maximum absolute atomic E-state index is 12.5. The van der Waals surface area contributed by atoms with E-state index in [1.807, 2.05) is 19.9 Å². The molecule has 2 rings (SSSR count). The zero-order valence-corrected chi connectivity index (χ0v) is 12.6. The maximum Gasteiger partial charge on any atom is 0.250 e. The fourth-order valence-electron chi connectivity index (χ4n) is 2.41. The van der Waals surface area contributed by atoms with Crippen molar-refractivity contribution in [3.05, 3.63) is 12.1 Å². The predicted octanol–water partition coefficient (Wildman–Crippen LogP) is 2.01. The van der Waals surface area contributed by atoms with Gasteiger partial charge in [-0.15, -0.1) is 0 Å². The van der Waals surface area contributed by atoms with Crippen molar-refractivity contribution in [2.24, 2.45) is 5.92 Å². The summed E-state index contributed by atoms with van der Waals surface area (Å²) in [7, 11) is 3.10. The van der Waals surface area contributed by atoms with Crippen LogP contribution in [0.1, 0.15) is 13.8 Å². The monoisotopic (exact) mass is 289 g/mol. The molecular weight excluding hydrogens is 270 g/mol. The van der Waals surface area contributed by atoms with E-state index in [0.717, 1.165) is 5.69 Å². The van der Waals surface area contributed by atoms with Crippen LogP contribution in [0.4, 0.5) is 11.4 Å². The molecule has 6 nitrogen and oxygen atoms in total. The van der Waals surface area contributed by atoms with E-state index >= 15 is 0 Å². The van der Waals surface area contributed by atoms with Gasteiger partial charge >= 0.3 is 0 Å². The van der Waals surface area contributed by atoms with Crippen LogP contribution in [-0.4, -0.2) is 32.7 Å². The van der Waals surface area contributed by atoms with Gasteiger partial charge in [0.2, 0.25) is 0 Å². The number of carbonyl (C=O) groups is 1. The number of nitriles is 1. The fourth-order valence-corrected chi connectivity index (χ4v) is 2.41. The molecule has 1 aromatic carbocycles. The summed E-state index contributed by atoms with van der Waals surface area (Å²) in [6.07, 6.45) is 0. The van der Waals surface area contributed by atoms with E-state index in [1.54, 1.807) is 19.2 Å². The minimum atomic E-state index is -0.357. The average Bonchev–Trinajstić information content (AvgIpc) is 2.48. The highest BCUT2D eigenvalue weighted by Gasteiger charge is 2.35. The number of nitrogens with zero attached hydrogens (tertiary/aromatic N) is 2. The second kappa shape index (κ2) is 5.92. The summed E-state index contributed by atoms with van der Waals surface area (Å²) in [5, 5.41) is 12.2. The number of fused-ring (bicyclic) bond motifs is 1. The quantitative estimate of drug-likeness (QED) is 0.858. The summed E-state index contributed by atoms with van der Waals surface area (Å²) in [5.41, 5.74) is 1.40. The summed E-state index contributed by atoms with van der Waals surface area (Å²) in [4.78, 5) is 14.0. The highest BCUT2D eigenvalue weighted by atomic mass is 16.5. The van der Waals surface area contributed by atoms with Gasteiger partial charge in [-0.05, 0) is 5.92 Å². The number of benzene rings is 1. The Balaban J connectivity index is 2.55. The Labute approximate surface area is 124 Å². The third kappa shape index (κ3) is 2.59. The molecule has 1 atom stereocenters. The lowest BCUT2D eigenvalue weighted by atomic mass is 9.98. The molecule has 0 aromatic heterocycles. The molecule has 0 saturated heterocycles. The summed E-state index contributed by atoms with van der Waals surface area (Å²) >= 11 is 0. The Morgan fingerprint density at radius 3 is 2.48 bits per heavy atom. The number of ether oxygens (including phenoxy) is 2. The smallest absolute Gasteiger partial charge is 0.250 e. The van der Waals surface area contributed by atoms with E-state index in [2.05, 4.69) is 5.32 Å². The van der Waals surface area contributed by atoms with Crippen LogP contribution in [-0.2, 0) is 4.79 Å². The van der Waals surface area contributed by atoms with E-state index in [1.165, 1.54) is 12.0 Å². The second-order valence-electron chi connectivity index (χ2n) is 5.17. The van der Waals surface area contributed by atoms with Gasteiger partial charge in [-0.3, -0.25) is 9.69 Å². The minimum Gasteiger partial charge on any atom is -0.493 e. The van der Waals surface area contributed by atoms with E-state index < -0.39 is 0 Å². The van der Waals surface area contributed by atoms with Crippen LogP contribution in [0.5, 0.6) is 11.5 Å². The van der Waals surface area contributed by atoms with E-state index in [4.69, 9.17) is 14.7 Å². The Hall–Kier alpha value is -2.42. The second-order valence-corrected chi connectivity index (χ2v) is 5.17. The molecule has 6 heteroatoms. The SMILES string of the molecule is COc1cc2c(cc1OC)N(CC#N)C(=O)C(C(C)C)N2. The number of carbonyl (C=O) groups excluding carboxylic acids is 1. The molecule has 1 amide bonds. The van der Waals surface area contributed by atoms with Crippen molar-refractivity contribution in [2.75, 3.05) is 31.0 Å². The van der Waals surface area contributed by atoms with Crippen molar-refractivity contribution < 1.29 is 14.3 Å². The van der Waals surface area contributed by atoms with Gasteiger partial charge in [0.1, 0.15) is 12.6 Å². The molecule has 1 aliphatic heterocycles. The van der Waals surface area contributed by atoms with Crippen LogP contribution in [0.2, 0.25) is 0 Å². The lowest BCUT2D eigenvalue weighted by Crippen LogP contribution is -2.49. The van der Waals surface area contributed by atoms with Crippen molar-refractivity contribution in [2.45, 2.75) is 19.9 Å². The number of hydrogen-bond acceptors (Lipinski definition) is 5. The Morgan fingerprint density at radius 2 is 1.95 bits per heavy atom. The molecule has 0 spiro atoms. The highest BCUT2D eigenvalue weighted by Crippen LogP contribution is 2.41. The highest BCUT2D eigenvalue weighted by molar-refractivity contribution is 6.06. The van der Waals surface area contributed by atoms with Gasteiger partial charge in [0.15, 0.2) is 11.5 Å². The standard InChI is InChI=1S/C15H19N3O3/c1-9(2)14-15(19)18(6-5-16)11-8-13(21-4)12(20-3)7-10(11)17-14/h7-9,14,17H,6H2,1-4H3. The summed E-state index contributed by atoms with van der Waals surface area (Å²) in [6.45, 7) is 3.93. The normalized spacial score (nSPS) is 17.0. The number of rotatable bonds is 4. The van der Waals surface area contributed by atoms with Crippen LogP contribution >= 0.6 is 0 Å². The number of nitrogens with one attached hydrogen (secondary N) is 1. The van der Waals surface area contributed by atoms with Gasteiger partial charge in [-0.1, -0.05) is 13.8 Å². The Kier molecular flexibility index (Phi) is 4.22. The zero-order valence-electron chi connectivity index (χ0n) is 12.6. The largest absolute Gasteiger partial charge is 0.493 e. The molecule has 21 heavy (non-hydrogen) atoms. The van der Waals surface area contributed by atoms with Crippen molar-refractivity contribution in [3.63, 3.8) is 0 Å². The van der Waals surface area contributed by atoms with Gasteiger partial charge in [-0.25, -0.2) is 0 Å². The summed E-state index contributed by atoms with van der Waals surface area (Å²) in [6, 6.07) is 5.19. The van der Waals surface area contributed by atoms with Gasteiger partial charge in [0, 0.05) is 12.1 Å². The first-order chi connectivity index (χ1) is 10.0. The number of amides is 1. The Bertz CT molecular complexity index is 593. The zero-order chi connectivity index (χ0) is 15.6. The first-order valence-electron chi connectivity index (χ1n) is 6.74. The van der Waals surface area contributed by atoms with Crippen LogP contribution < -0.4 is 19.7 Å². The average molecular weight is 289 g/mol. The molecule has 0 fully saturated rings. The minimum absolute atomic E-state index is 0.00617. The molecule has 1 aliphatic rings. The molecule has 1 heterocycles. The predicted molar refractivity (Wildman–Crippen MR) is 79.8 cm³/mol. The Morgan fingerprint density at radius 1 is 1.33 bits per heavy atom. The fraction of sp³-hybridized carbons (Fsp3) is 0.467. The third-order valence-electron chi connectivity index (χ3n) is 3.53. The molecular formula is C15H19N3O3. The van der Waals surface area contributed by atoms with E-state index in [0.29, 0.717) is 17.2 Å². The summed E-state index contributed by atoms with van der Waals surface area (Å²) < 4.78 is 10.6. The third-order valence-corrected chi connectivity index (χ3v) is 3.53. The molecule has 112 valence electrons. The molecule has 1 unspecified atom stereocenters. The van der Waals surface area contributed by atoms with Crippen molar-refractivity contribution in [1.82, 2.24) is 0 Å². The molecule has 1 N–H and O–H groups in total. The van der Waals surface area contributed by atoms with E-state index in [9.17, 15) is 4.79 Å². The van der Waals surface area contributed by atoms with Gasteiger partial charge in [0.25, 0.3) is 5.91 Å². The lowest BCUT2D eigenvalue weighted by molar-refractivity contribution is -0.120. The number of methoxy groups -OCH3 is 2. The van der Waals surface area contributed by atoms with Gasteiger partial charge < -0.3 is 14.8 Å². The van der Waals surface area contributed by atoms with Crippen LogP contribution in [0, 0.1) is 17.2 Å². The van der Waals surface area contributed by atoms with Gasteiger partial charge in [0.05, 0.1) is 31.7 Å². The van der Waals surface area contributed by atoms with Crippen molar-refractivity contribution in [1.29, 1.82) is 5.26 Å². The van der Waals surface area contributed by atoms with E-state index in [-0.39, 0.29) is 24.4 Å². The maximum atomic E-state index is 12.5. The lowest BCUT2D eigenvalue weighted by Gasteiger charge is -2.36. The van der Waals surface area contributed by atoms with Crippen LogP contribution in [0.25, 0.3) is 0 Å². The van der Waals surface area contributed by atoms with Crippen LogP contribution in [0.15, 0.2) is 12.1 Å². The van der Waals surface area contributed by atoms with Crippen molar-refractivity contribution >= 4 is 17.3 Å². The molecule has 0 radical (unpaired) electrons. The molecule has 0 saturated carbocycles. The van der Waals surface area contributed by atoms with Gasteiger partial charge in [-0.2, -0.15) is 5.26 Å². The number of hydrogen-bond donors (Lipinski definition) is 1. The first-order valence-corrected chi connectivity index (χ1v) is 6.74. The van der Waals surface area contributed by atoms with Crippen molar-refractivity contribution in [3.8, 4) is 17.6 Å². The summed E-state index contributed by atoms with van der Waals surface area (Å²) in [5.74, 6) is 1.11. The topological polar surface area (TPSA) is 74.6 Å². The molecule has 0 bridgehead atoms. The molecule has 1 aromatic rings. The number of anilines is 2. The first kappa shape index (κ1) is 15.0. The van der Waals surface area contributed by atoms with Crippen LogP contribution in [0.3, 0.4) is 0 Å². The molecule has 0 aliphatic carbocycles.